The highest BCUT2D eigenvalue weighted by atomic mass is 16.3. The average molecular weight is 204 g/mol. The first kappa shape index (κ1) is 10.7. The van der Waals surface area contributed by atoms with Crippen LogP contribution in [0, 0.1) is 5.41 Å². The highest BCUT2D eigenvalue weighted by Gasteiger charge is 2.49. The van der Waals surface area contributed by atoms with E-state index in [4.69, 9.17) is 0 Å². The van der Waals surface area contributed by atoms with Crippen LogP contribution in [-0.2, 0) is 12.0 Å². The maximum absolute atomic E-state index is 10.7. The van der Waals surface area contributed by atoms with E-state index in [-0.39, 0.29) is 5.41 Å². The van der Waals surface area contributed by atoms with Crippen molar-refractivity contribution in [2.24, 2.45) is 5.41 Å². The molecule has 2 rings (SSSR count). The predicted molar refractivity (Wildman–Crippen MR) is 62.7 cm³/mol. The van der Waals surface area contributed by atoms with Crippen molar-refractivity contribution in [1.82, 2.24) is 0 Å². The molecule has 1 nitrogen and oxygen atoms in total. The van der Waals surface area contributed by atoms with Gasteiger partial charge < -0.3 is 5.11 Å². The van der Waals surface area contributed by atoms with E-state index < -0.39 is 5.60 Å². The first-order valence-electron chi connectivity index (χ1n) is 5.82. The van der Waals surface area contributed by atoms with E-state index in [0.717, 1.165) is 24.8 Å². The SMILES string of the molecule is CCCC1(C)Cc2ccccc2C1(C)O. The lowest BCUT2D eigenvalue weighted by Crippen LogP contribution is -2.37. The van der Waals surface area contributed by atoms with Crippen LogP contribution < -0.4 is 0 Å². The molecule has 0 fully saturated rings. The highest BCUT2D eigenvalue weighted by molar-refractivity contribution is 5.40. The molecule has 0 aromatic heterocycles. The lowest BCUT2D eigenvalue weighted by Gasteiger charge is -2.37. The first-order chi connectivity index (χ1) is 7.01. The molecule has 0 saturated carbocycles. The minimum atomic E-state index is -0.667. The minimum Gasteiger partial charge on any atom is -0.385 e. The summed E-state index contributed by atoms with van der Waals surface area (Å²) in [7, 11) is 0. The van der Waals surface area contributed by atoms with Gasteiger partial charge in [0.15, 0.2) is 0 Å². The molecule has 0 aliphatic heterocycles. The molecule has 0 bridgehead atoms. The lowest BCUT2D eigenvalue weighted by atomic mass is 9.72. The Kier molecular flexibility index (Phi) is 2.38. The number of aliphatic hydroxyl groups is 1. The summed E-state index contributed by atoms with van der Waals surface area (Å²) in [5, 5.41) is 10.7. The highest BCUT2D eigenvalue weighted by Crippen LogP contribution is 2.52. The van der Waals surface area contributed by atoms with Gasteiger partial charge in [0.2, 0.25) is 0 Å². The second-order valence-corrected chi connectivity index (χ2v) is 5.22. The van der Waals surface area contributed by atoms with Gasteiger partial charge >= 0.3 is 0 Å². The fourth-order valence-corrected chi connectivity index (χ4v) is 2.95. The molecule has 15 heavy (non-hydrogen) atoms. The maximum Gasteiger partial charge on any atom is 0.0927 e. The van der Waals surface area contributed by atoms with Crippen molar-refractivity contribution in [3.05, 3.63) is 35.4 Å². The topological polar surface area (TPSA) is 20.2 Å². The molecule has 0 saturated heterocycles. The first-order valence-corrected chi connectivity index (χ1v) is 5.82. The van der Waals surface area contributed by atoms with Gasteiger partial charge in [-0.05, 0) is 30.9 Å². The fraction of sp³-hybridized carbons (Fsp3) is 0.571. The van der Waals surface area contributed by atoms with Crippen LogP contribution in [0.15, 0.2) is 24.3 Å². The Morgan fingerprint density at radius 2 is 1.93 bits per heavy atom. The third-order valence-corrected chi connectivity index (χ3v) is 4.10. The third kappa shape index (κ3) is 1.41. The number of fused-ring (bicyclic) bond motifs is 1. The molecule has 0 amide bonds. The molecular weight excluding hydrogens is 184 g/mol. The normalized spacial score (nSPS) is 34.1. The van der Waals surface area contributed by atoms with Gasteiger partial charge in [0.05, 0.1) is 5.60 Å². The van der Waals surface area contributed by atoms with E-state index in [2.05, 4.69) is 32.0 Å². The predicted octanol–water partition coefficient (Wildman–Crippen LogP) is 3.26. The zero-order valence-electron chi connectivity index (χ0n) is 9.88. The monoisotopic (exact) mass is 204 g/mol. The fourth-order valence-electron chi connectivity index (χ4n) is 2.95. The molecule has 0 spiro atoms. The number of hydrogen-bond acceptors (Lipinski definition) is 1. The Morgan fingerprint density at radius 1 is 1.27 bits per heavy atom. The summed E-state index contributed by atoms with van der Waals surface area (Å²) in [5.41, 5.74) is 1.78. The van der Waals surface area contributed by atoms with Crippen LogP contribution >= 0.6 is 0 Å². The molecule has 1 N–H and O–H groups in total. The summed E-state index contributed by atoms with van der Waals surface area (Å²) < 4.78 is 0. The molecule has 82 valence electrons. The van der Waals surface area contributed by atoms with Gasteiger partial charge in [-0.25, -0.2) is 0 Å². The number of hydrogen-bond donors (Lipinski definition) is 1. The molecule has 2 unspecified atom stereocenters. The van der Waals surface area contributed by atoms with Gasteiger partial charge in [0.25, 0.3) is 0 Å². The van der Waals surface area contributed by atoms with E-state index in [0.29, 0.717) is 0 Å². The van der Waals surface area contributed by atoms with Gasteiger partial charge in [-0.1, -0.05) is 44.5 Å². The molecule has 0 heterocycles. The van der Waals surface area contributed by atoms with Crippen molar-refractivity contribution in [2.75, 3.05) is 0 Å². The quantitative estimate of drug-likeness (QED) is 0.784. The average Bonchev–Trinajstić information content (AvgIpc) is 2.36. The molecular formula is C14H20O. The van der Waals surface area contributed by atoms with Gasteiger partial charge in [-0.2, -0.15) is 0 Å². The van der Waals surface area contributed by atoms with Crippen molar-refractivity contribution in [3.63, 3.8) is 0 Å². The van der Waals surface area contributed by atoms with Crippen molar-refractivity contribution < 1.29 is 5.11 Å². The summed E-state index contributed by atoms with van der Waals surface area (Å²) in [6.07, 6.45) is 3.21. The molecule has 1 aromatic rings. The summed E-state index contributed by atoms with van der Waals surface area (Å²) in [5.74, 6) is 0. The summed E-state index contributed by atoms with van der Waals surface area (Å²) in [6, 6.07) is 8.29. The second-order valence-electron chi connectivity index (χ2n) is 5.22. The van der Waals surface area contributed by atoms with Crippen LogP contribution in [0.4, 0.5) is 0 Å². The molecule has 1 aliphatic carbocycles. The van der Waals surface area contributed by atoms with Crippen LogP contribution in [0.2, 0.25) is 0 Å². The molecule has 1 aliphatic rings. The van der Waals surface area contributed by atoms with Crippen molar-refractivity contribution in [2.45, 2.75) is 45.6 Å². The largest absolute Gasteiger partial charge is 0.385 e. The molecule has 2 atom stereocenters. The van der Waals surface area contributed by atoms with E-state index in [1.807, 2.05) is 13.0 Å². The Hall–Kier alpha value is -0.820. The van der Waals surface area contributed by atoms with Gasteiger partial charge in [-0.15, -0.1) is 0 Å². The van der Waals surface area contributed by atoms with Gasteiger partial charge in [0, 0.05) is 5.41 Å². The van der Waals surface area contributed by atoms with Crippen LogP contribution in [0.25, 0.3) is 0 Å². The molecule has 1 heteroatoms. The van der Waals surface area contributed by atoms with Crippen molar-refractivity contribution in [1.29, 1.82) is 0 Å². The second kappa shape index (κ2) is 3.34. The van der Waals surface area contributed by atoms with Gasteiger partial charge in [0.1, 0.15) is 0 Å². The summed E-state index contributed by atoms with van der Waals surface area (Å²) in [4.78, 5) is 0. The van der Waals surface area contributed by atoms with E-state index >= 15 is 0 Å². The van der Waals surface area contributed by atoms with Crippen molar-refractivity contribution >= 4 is 0 Å². The molecule has 1 aromatic carbocycles. The lowest BCUT2D eigenvalue weighted by molar-refractivity contribution is -0.0575. The van der Waals surface area contributed by atoms with E-state index in [1.165, 1.54) is 5.56 Å². The Morgan fingerprint density at radius 3 is 2.53 bits per heavy atom. The van der Waals surface area contributed by atoms with Crippen LogP contribution in [0.5, 0.6) is 0 Å². The number of rotatable bonds is 2. The zero-order valence-corrected chi connectivity index (χ0v) is 9.88. The number of benzene rings is 1. The standard InChI is InChI=1S/C14H20O/c1-4-9-13(2)10-11-7-5-6-8-12(11)14(13,3)15/h5-8,15H,4,9-10H2,1-3H3. The van der Waals surface area contributed by atoms with Crippen molar-refractivity contribution in [3.8, 4) is 0 Å². The van der Waals surface area contributed by atoms with Gasteiger partial charge in [-0.3, -0.25) is 0 Å². The summed E-state index contributed by atoms with van der Waals surface area (Å²) >= 11 is 0. The Bertz CT molecular complexity index is 367. The van der Waals surface area contributed by atoms with Crippen LogP contribution in [0.3, 0.4) is 0 Å². The van der Waals surface area contributed by atoms with Crippen LogP contribution in [0.1, 0.15) is 44.7 Å². The molecule has 0 radical (unpaired) electrons. The van der Waals surface area contributed by atoms with E-state index in [1.54, 1.807) is 0 Å². The zero-order chi connectivity index (χ0) is 11.1. The van der Waals surface area contributed by atoms with Crippen LogP contribution in [-0.4, -0.2) is 5.11 Å². The summed E-state index contributed by atoms with van der Waals surface area (Å²) in [6.45, 7) is 6.36. The maximum atomic E-state index is 10.7. The Balaban J connectivity index is 2.46. The third-order valence-electron chi connectivity index (χ3n) is 4.10. The smallest absolute Gasteiger partial charge is 0.0927 e. The Labute approximate surface area is 92.1 Å². The van der Waals surface area contributed by atoms with E-state index in [9.17, 15) is 5.11 Å². The minimum absolute atomic E-state index is 0.00539.